The smallest absolute Gasteiger partial charge is 0 e. The van der Waals surface area contributed by atoms with Crippen molar-refractivity contribution in [3.05, 3.63) is 60.7 Å². The Balaban J connectivity index is 0.00000133. The van der Waals surface area contributed by atoms with Gasteiger partial charge in [0, 0.05) is 17.1 Å². The molecule has 0 spiro atoms. The summed E-state index contributed by atoms with van der Waals surface area (Å²) in [6.07, 6.45) is 5.66. The molecular formula is C17H19FeP. The van der Waals surface area contributed by atoms with E-state index in [2.05, 4.69) is 60.7 Å². The van der Waals surface area contributed by atoms with E-state index >= 15 is 0 Å². The third kappa shape index (κ3) is 3.48. The molecular weight excluding hydrogens is 291 g/mol. The molecule has 0 atom stereocenters. The topological polar surface area (TPSA) is 0 Å². The molecule has 0 heterocycles. The minimum atomic E-state index is -0.152. The van der Waals surface area contributed by atoms with Gasteiger partial charge in [0.1, 0.15) is 0 Å². The van der Waals surface area contributed by atoms with E-state index in [1.165, 1.54) is 25.7 Å². The van der Waals surface area contributed by atoms with Crippen molar-refractivity contribution in [2.24, 2.45) is 0 Å². The third-order valence-corrected chi connectivity index (χ3v) is 6.71. The molecule has 0 nitrogen and oxygen atoms in total. The van der Waals surface area contributed by atoms with Crippen molar-refractivity contribution in [2.75, 3.05) is 0 Å². The average Bonchev–Trinajstić information content (AvgIpc) is 2.95. The molecule has 1 saturated carbocycles. The van der Waals surface area contributed by atoms with Crippen LogP contribution in [0.5, 0.6) is 0 Å². The molecule has 0 aliphatic heterocycles. The Labute approximate surface area is 127 Å². The summed E-state index contributed by atoms with van der Waals surface area (Å²) in [5.74, 6) is 0. The van der Waals surface area contributed by atoms with Crippen molar-refractivity contribution in [1.29, 1.82) is 0 Å². The fraction of sp³-hybridized carbons (Fsp3) is 0.294. The number of hydrogen-bond acceptors (Lipinski definition) is 0. The van der Waals surface area contributed by atoms with Crippen LogP contribution in [0.1, 0.15) is 25.7 Å². The molecule has 0 amide bonds. The predicted molar refractivity (Wildman–Crippen MR) is 81.3 cm³/mol. The molecule has 19 heavy (non-hydrogen) atoms. The first-order valence-electron chi connectivity index (χ1n) is 6.84. The van der Waals surface area contributed by atoms with Gasteiger partial charge >= 0.3 is 0 Å². The fourth-order valence-electron chi connectivity index (χ4n) is 2.91. The van der Waals surface area contributed by atoms with Crippen LogP contribution in [0.3, 0.4) is 0 Å². The molecule has 2 aromatic rings. The van der Waals surface area contributed by atoms with Crippen LogP contribution in [-0.2, 0) is 17.1 Å². The van der Waals surface area contributed by atoms with Crippen LogP contribution in [-0.4, -0.2) is 5.66 Å². The van der Waals surface area contributed by atoms with Crippen molar-refractivity contribution in [2.45, 2.75) is 31.3 Å². The predicted octanol–water partition coefficient (Wildman–Crippen LogP) is 4.06. The number of hydrogen-bond donors (Lipinski definition) is 0. The second-order valence-electron chi connectivity index (χ2n) is 4.98. The summed E-state index contributed by atoms with van der Waals surface area (Å²) in [5.41, 5.74) is 0.893. The summed E-state index contributed by atoms with van der Waals surface area (Å²) in [4.78, 5) is 0. The van der Waals surface area contributed by atoms with Gasteiger partial charge in [-0.05, 0) is 37.0 Å². The Hall–Kier alpha value is -0.611. The quantitative estimate of drug-likeness (QED) is 0.592. The Morgan fingerprint density at radius 3 is 1.53 bits per heavy atom. The van der Waals surface area contributed by atoms with E-state index in [1.807, 2.05) is 0 Å². The summed E-state index contributed by atoms with van der Waals surface area (Å²) in [6.45, 7) is 0. The van der Waals surface area contributed by atoms with Crippen LogP contribution in [0.4, 0.5) is 0 Å². The summed E-state index contributed by atoms with van der Waals surface area (Å²) < 4.78 is 0. The van der Waals surface area contributed by atoms with E-state index in [1.54, 1.807) is 10.6 Å². The van der Waals surface area contributed by atoms with Crippen molar-refractivity contribution in [1.82, 2.24) is 0 Å². The van der Waals surface area contributed by atoms with Crippen LogP contribution in [0.25, 0.3) is 0 Å². The van der Waals surface area contributed by atoms with Gasteiger partial charge in [0.2, 0.25) is 0 Å². The molecule has 3 rings (SSSR count). The zero-order valence-corrected chi connectivity index (χ0v) is 13.0. The average molecular weight is 310 g/mol. The van der Waals surface area contributed by atoms with E-state index in [9.17, 15) is 0 Å². The Morgan fingerprint density at radius 1 is 0.684 bits per heavy atom. The molecule has 0 radical (unpaired) electrons. The molecule has 0 unspecified atom stereocenters. The maximum Gasteiger partial charge on any atom is 0 e. The van der Waals surface area contributed by atoms with E-state index in [4.69, 9.17) is 0 Å². The van der Waals surface area contributed by atoms with Gasteiger partial charge in [-0.3, -0.25) is 0 Å². The van der Waals surface area contributed by atoms with Crippen LogP contribution in [0.15, 0.2) is 60.7 Å². The Kier molecular flexibility index (Phi) is 5.64. The minimum Gasteiger partial charge on any atom is -0.0622 e. The molecule has 1 aliphatic rings. The maximum atomic E-state index is 2.32. The van der Waals surface area contributed by atoms with Gasteiger partial charge in [-0.1, -0.05) is 73.5 Å². The van der Waals surface area contributed by atoms with Crippen molar-refractivity contribution >= 4 is 18.5 Å². The van der Waals surface area contributed by atoms with Crippen molar-refractivity contribution in [3.8, 4) is 0 Å². The first-order valence-corrected chi connectivity index (χ1v) is 8.25. The monoisotopic (exact) mass is 310 g/mol. The number of rotatable bonds is 3. The normalized spacial score (nSPS) is 15.4. The molecule has 0 N–H and O–H groups in total. The van der Waals surface area contributed by atoms with Gasteiger partial charge in [0.15, 0.2) is 0 Å². The SMILES string of the molecule is [Fe].c1ccc(P(c2ccccc2)C2CCCC2)cc1. The van der Waals surface area contributed by atoms with E-state index in [0.717, 1.165) is 5.66 Å². The fourth-order valence-corrected chi connectivity index (χ4v) is 5.92. The van der Waals surface area contributed by atoms with E-state index < -0.39 is 0 Å². The van der Waals surface area contributed by atoms with Crippen LogP contribution in [0, 0.1) is 0 Å². The molecule has 2 aromatic carbocycles. The summed E-state index contributed by atoms with van der Waals surface area (Å²) in [7, 11) is -0.152. The molecule has 0 aromatic heterocycles. The largest absolute Gasteiger partial charge is 0.0622 e. The molecule has 1 fully saturated rings. The van der Waals surface area contributed by atoms with Gasteiger partial charge in [0.25, 0.3) is 0 Å². The molecule has 2 heteroatoms. The second-order valence-corrected chi connectivity index (χ2v) is 7.48. The van der Waals surface area contributed by atoms with Gasteiger partial charge in [-0.2, -0.15) is 0 Å². The Morgan fingerprint density at radius 2 is 1.11 bits per heavy atom. The first-order chi connectivity index (χ1) is 8.95. The van der Waals surface area contributed by atoms with Crippen LogP contribution >= 0.6 is 7.92 Å². The van der Waals surface area contributed by atoms with Gasteiger partial charge in [-0.15, -0.1) is 0 Å². The van der Waals surface area contributed by atoms with Gasteiger partial charge < -0.3 is 0 Å². The molecule has 100 valence electrons. The van der Waals surface area contributed by atoms with Gasteiger partial charge in [0.05, 0.1) is 0 Å². The van der Waals surface area contributed by atoms with Crippen LogP contribution in [0.2, 0.25) is 0 Å². The maximum absolute atomic E-state index is 2.32. The zero-order valence-electron chi connectivity index (χ0n) is 11.0. The second kappa shape index (κ2) is 7.25. The first kappa shape index (κ1) is 14.8. The van der Waals surface area contributed by atoms with Crippen molar-refractivity contribution < 1.29 is 17.1 Å². The Bertz CT molecular complexity index is 438. The molecule has 0 saturated heterocycles. The van der Waals surface area contributed by atoms with Crippen molar-refractivity contribution in [3.63, 3.8) is 0 Å². The van der Waals surface area contributed by atoms with Crippen LogP contribution < -0.4 is 10.6 Å². The van der Waals surface area contributed by atoms with E-state index in [0.29, 0.717) is 0 Å². The minimum absolute atomic E-state index is 0. The molecule has 0 bridgehead atoms. The summed E-state index contributed by atoms with van der Waals surface area (Å²) >= 11 is 0. The third-order valence-electron chi connectivity index (χ3n) is 3.76. The summed E-state index contributed by atoms with van der Waals surface area (Å²) in [5, 5.41) is 3.09. The standard InChI is InChI=1S/C17H19P.Fe/c1-3-9-15(10-4-1)18(17-13-7-8-14-17)16-11-5-2-6-12-16;/h1-6,9-12,17H,7-8,13-14H2;. The summed E-state index contributed by atoms with van der Waals surface area (Å²) in [6, 6.07) is 22.2. The van der Waals surface area contributed by atoms with Gasteiger partial charge in [-0.25, -0.2) is 0 Å². The van der Waals surface area contributed by atoms with E-state index in [-0.39, 0.29) is 25.0 Å². The zero-order chi connectivity index (χ0) is 12.2. The number of benzene rings is 2. The molecule has 1 aliphatic carbocycles.